The maximum Gasteiger partial charge on any atom is 0.0641 e. The molecular weight excluding hydrogens is 246 g/mol. The summed E-state index contributed by atoms with van der Waals surface area (Å²) in [6.45, 7) is 6.15. The Morgan fingerprint density at radius 3 is 2.80 bits per heavy atom. The first kappa shape index (κ1) is 13.6. The van der Waals surface area contributed by atoms with Crippen molar-refractivity contribution in [2.75, 3.05) is 6.61 Å². The standard InChI is InChI=1S/C18H23NO/c1-18(2)12-16(10-11-20-18)19-13-15-8-5-7-14-6-3-4-9-17(14)15/h3-9,16,19H,10-13H2,1-2H3. The Bertz CT molecular complexity index is 585. The SMILES string of the molecule is CC1(C)CC(NCc2cccc3ccccc23)CCO1. The molecule has 1 heterocycles. The van der Waals surface area contributed by atoms with Gasteiger partial charge in [0.05, 0.1) is 5.60 Å². The largest absolute Gasteiger partial charge is 0.375 e. The van der Waals surface area contributed by atoms with Crippen LogP contribution in [0.2, 0.25) is 0 Å². The molecule has 0 amide bonds. The van der Waals surface area contributed by atoms with E-state index in [1.165, 1.54) is 16.3 Å². The molecule has 1 aliphatic rings. The fourth-order valence-corrected chi connectivity index (χ4v) is 3.11. The van der Waals surface area contributed by atoms with Crippen molar-refractivity contribution < 1.29 is 4.74 Å². The van der Waals surface area contributed by atoms with E-state index in [9.17, 15) is 0 Å². The fourth-order valence-electron chi connectivity index (χ4n) is 3.11. The molecular formula is C18H23NO. The van der Waals surface area contributed by atoms with Crippen LogP contribution in [0.15, 0.2) is 42.5 Å². The van der Waals surface area contributed by atoms with Crippen LogP contribution < -0.4 is 5.32 Å². The first-order valence-electron chi connectivity index (χ1n) is 7.48. The van der Waals surface area contributed by atoms with E-state index >= 15 is 0 Å². The van der Waals surface area contributed by atoms with Gasteiger partial charge in [0, 0.05) is 19.2 Å². The van der Waals surface area contributed by atoms with Gasteiger partial charge in [0.1, 0.15) is 0 Å². The van der Waals surface area contributed by atoms with Gasteiger partial charge in [-0.3, -0.25) is 0 Å². The summed E-state index contributed by atoms with van der Waals surface area (Å²) in [5.41, 5.74) is 1.39. The molecule has 1 saturated heterocycles. The third-order valence-corrected chi connectivity index (χ3v) is 4.16. The zero-order chi connectivity index (χ0) is 14.0. The normalized spacial score (nSPS) is 22.0. The lowest BCUT2D eigenvalue weighted by atomic mass is 9.93. The Morgan fingerprint density at radius 1 is 1.15 bits per heavy atom. The molecule has 1 fully saturated rings. The molecule has 0 radical (unpaired) electrons. The van der Waals surface area contributed by atoms with E-state index in [1.54, 1.807) is 0 Å². The summed E-state index contributed by atoms with van der Waals surface area (Å²) >= 11 is 0. The van der Waals surface area contributed by atoms with E-state index in [0.717, 1.165) is 26.0 Å². The predicted molar refractivity (Wildman–Crippen MR) is 83.8 cm³/mol. The van der Waals surface area contributed by atoms with Gasteiger partial charge in [-0.25, -0.2) is 0 Å². The molecule has 0 bridgehead atoms. The van der Waals surface area contributed by atoms with E-state index in [0.29, 0.717) is 6.04 Å². The molecule has 2 nitrogen and oxygen atoms in total. The summed E-state index contributed by atoms with van der Waals surface area (Å²) in [7, 11) is 0. The van der Waals surface area contributed by atoms with Crippen LogP contribution >= 0.6 is 0 Å². The number of hydrogen-bond donors (Lipinski definition) is 1. The van der Waals surface area contributed by atoms with E-state index < -0.39 is 0 Å². The molecule has 106 valence electrons. The molecule has 2 heteroatoms. The molecule has 1 aliphatic heterocycles. The maximum atomic E-state index is 5.78. The molecule has 20 heavy (non-hydrogen) atoms. The van der Waals surface area contributed by atoms with E-state index in [4.69, 9.17) is 4.74 Å². The van der Waals surface area contributed by atoms with Crippen LogP contribution in [0.1, 0.15) is 32.3 Å². The number of hydrogen-bond acceptors (Lipinski definition) is 2. The molecule has 0 saturated carbocycles. The second-order valence-electron chi connectivity index (χ2n) is 6.32. The highest BCUT2D eigenvalue weighted by molar-refractivity contribution is 5.85. The molecule has 0 spiro atoms. The van der Waals surface area contributed by atoms with Gasteiger partial charge < -0.3 is 10.1 Å². The first-order chi connectivity index (χ1) is 9.64. The van der Waals surface area contributed by atoms with Crippen LogP contribution in [0, 0.1) is 0 Å². The van der Waals surface area contributed by atoms with Crippen LogP contribution in [0.4, 0.5) is 0 Å². The van der Waals surface area contributed by atoms with Crippen molar-refractivity contribution >= 4 is 10.8 Å². The lowest BCUT2D eigenvalue weighted by Gasteiger charge is -2.36. The van der Waals surface area contributed by atoms with Gasteiger partial charge >= 0.3 is 0 Å². The van der Waals surface area contributed by atoms with E-state index in [-0.39, 0.29) is 5.60 Å². The topological polar surface area (TPSA) is 21.3 Å². The number of ether oxygens (including phenoxy) is 1. The molecule has 3 rings (SSSR count). The quantitative estimate of drug-likeness (QED) is 0.913. The fraction of sp³-hybridized carbons (Fsp3) is 0.444. The van der Waals surface area contributed by atoms with E-state index in [1.807, 2.05) is 0 Å². The smallest absolute Gasteiger partial charge is 0.0641 e. The van der Waals surface area contributed by atoms with Crippen molar-refractivity contribution in [3.63, 3.8) is 0 Å². The zero-order valence-electron chi connectivity index (χ0n) is 12.4. The minimum absolute atomic E-state index is 0.00860. The molecule has 0 aliphatic carbocycles. The van der Waals surface area contributed by atoms with Gasteiger partial charge in [-0.15, -0.1) is 0 Å². The van der Waals surface area contributed by atoms with Crippen molar-refractivity contribution in [3.05, 3.63) is 48.0 Å². The van der Waals surface area contributed by atoms with Gasteiger partial charge in [-0.2, -0.15) is 0 Å². The zero-order valence-corrected chi connectivity index (χ0v) is 12.4. The Hall–Kier alpha value is -1.38. The van der Waals surface area contributed by atoms with Crippen molar-refractivity contribution in [1.82, 2.24) is 5.32 Å². The summed E-state index contributed by atoms with van der Waals surface area (Å²) in [4.78, 5) is 0. The third kappa shape index (κ3) is 3.02. The van der Waals surface area contributed by atoms with Crippen LogP contribution in [-0.4, -0.2) is 18.2 Å². The highest BCUT2D eigenvalue weighted by Gasteiger charge is 2.28. The van der Waals surface area contributed by atoms with Crippen molar-refractivity contribution in [2.45, 2.75) is 44.9 Å². The van der Waals surface area contributed by atoms with Crippen molar-refractivity contribution in [2.24, 2.45) is 0 Å². The van der Waals surface area contributed by atoms with Gasteiger partial charge in [-0.1, -0.05) is 42.5 Å². The Kier molecular flexibility index (Phi) is 3.77. The average Bonchev–Trinajstić information content (AvgIpc) is 2.44. The van der Waals surface area contributed by atoms with Crippen molar-refractivity contribution in [3.8, 4) is 0 Å². The average molecular weight is 269 g/mol. The Morgan fingerprint density at radius 2 is 1.95 bits per heavy atom. The van der Waals surface area contributed by atoms with Crippen molar-refractivity contribution in [1.29, 1.82) is 0 Å². The summed E-state index contributed by atoms with van der Waals surface area (Å²) < 4.78 is 5.78. The Balaban J connectivity index is 1.71. The molecule has 2 aromatic carbocycles. The minimum atomic E-state index is 0.00860. The summed E-state index contributed by atoms with van der Waals surface area (Å²) in [6.07, 6.45) is 2.19. The molecule has 1 N–H and O–H groups in total. The highest BCUT2D eigenvalue weighted by Crippen LogP contribution is 2.25. The molecule has 0 aromatic heterocycles. The van der Waals surface area contributed by atoms with Gasteiger partial charge in [-0.05, 0) is 43.0 Å². The molecule has 1 atom stereocenters. The number of benzene rings is 2. The van der Waals surface area contributed by atoms with E-state index in [2.05, 4.69) is 61.6 Å². The summed E-state index contributed by atoms with van der Waals surface area (Å²) in [6, 6.07) is 15.7. The monoisotopic (exact) mass is 269 g/mol. The maximum absolute atomic E-state index is 5.78. The number of nitrogens with one attached hydrogen (secondary N) is 1. The molecule has 1 unspecified atom stereocenters. The second-order valence-corrected chi connectivity index (χ2v) is 6.32. The number of rotatable bonds is 3. The van der Waals surface area contributed by atoms with Crippen LogP contribution in [0.5, 0.6) is 0 Å². The minimum Gasteiger partial charge on any atom is -0.375 e. The van der Waals surface area contributed by atoms with Gasteiger partial charge in [0.25, 0.3) is 0 Å². The second kappa shape index (κ2) is 5.55. The predicted octanol–water partition coefficient (Wildman–Crippen LogP) is 3.89. The summed E-state index contributed by atoms with van der Waals surface area (Å²) in [5.74, 6) is 0. The number of fused-ring (bicyclic) bond motifs is 1. The summed E-state index contributed by atoms with van der Waals surface area (Å²) in [5, 5.41) is 6.38. The Labute approximate surface area is 121 Å². The highest BCUT2D eigenvalue weighted by atomic mass is 16.5. The van der Waals surface area contributed by atoms with Gasteiger partial charge in [0.2, 0.25) is 0 Å². The van der Waals surface area contributed by atoms with Gasteiger partial charge in [0.15, 0.2) is 0 Å². The lowest BCUT2D eigenvalue weighted by molar-refractivity contribution is -0.0630. The third-order valence-electron chi connectivity index (χ3n) is 4.16. The first-order valence-corrected chi connectivity index (χ1v) is 7.48. The lowest BCUT2D eigenvalue weighted by Crippen LogP contribution is -2.43. The molecule has 2 aromatic rings. The van der Waals surface area contributed by atoms with Crippen LogP contribution in [-0.2, 0) is 11.3 Å². The van der Waals surface area contributed by atoms with Crippen LogP contribution in [0.25, 0.3) is 10.8 Å². The van der Waals surface area contributed by atoms with Crippen LogP contribution in [0.3, 0.4) is 0 Å².